The first kappa shape index (κ1) is 36.4. The number of hydrogen-bond acceptors (Lipinski definition) is 6. The number of fused-ring (bicyclic) bond motifs is 8. The van der Waals surface area contributed by atoms with E-state index in [4.69, 9.17) is 9.97 Å². The second-order valence-electron chi connectivity index (χ2n) is 16.9. The van der Waals surface area contributed by atoms with Crippen molar-refractivity contribution in [3.05, 3.63) is 208 Å². The molecule has 8 heteroatoms. The van der Waals surface area contributed by atoms with Crippen LogP contribution in [-0.4, -0.2) is 39.0 Å². The van der Waals surface area contributed by atoms with E-state index in [0.717, 1.165) is 88.7 Å². The first-order valence-corrected chi connectivity index (χ1v) is 21.9. The number of aromatic nitrogens is 8. The molecule has 6 aromatic carbocycles. The summed E-state index contributed by atoms with van der Waals surface area (Å²) < 4.78 is 4.82. The van der Waals surface area contributed by atoms with Crippen LogP contribution in [0.1, 0.15) is 0 Å². The van der Waals surface area contributed by atoms with Crippen LogP contribution in [-0.2, 0) is 0 Å². The van der Waals surface area contributed by atoms with Crippen LogP contribution in [0, 0.1) is 0 Å². The Hall–Kier alpha value is -9.14. The minimum atomic E-state index is 1.07. The lowest BCUT2D eigenvalue weighted by Crippen LogP contribution is -1.97. The normalized spacial score (nSPS) is 11.9. The van der Waals surface area contributed by atoms with Crippen LogP contribution in [0.4, 0.5) is 0 Å². The molecule has 0 aliphatic rings. The quantitative estimate of drug-likeness (QED) is 0.155. The SMILES string of the molecule is c1cc(-c2cc(-c3ccncc3)cc(-n3c4ccncc4c4c5ccc6cc7c(c8ccc(cc43)c5c68)c3cnccc3n7-c3cc(-c4ccncc4)cc(-c4ccncc4)c3)c2)ccn1. The molecule has 0 unspecified atom stereocenters. The van der Waals surface area contributed by atoms with Gasteiger partial charge < -0.3 is 9.13 Å². The van der Waals surface area contributed by atoms with Crippen molar-refractivity contribution in [3.63, 3.8) is 0 Å². The topological polar surface area (TPSA) is 87.2 Å². The van der Waals surface area contributed by atoms with Gasteiger partial charge in [-0.25, -0.2) is 0 Å². The Morgan fingerprint density at radius 1 is 0.242 bits per heavy atom. The zero-order chi connectivity index (χ0) is 43.3. The summed E-state index contributed by atoms with van der Waals surface area (Å²) in [5.74, 6) is 0. The fourth-order valence-corrected chi connectivity index (χ4v) is 10.5. The van der Waals surface area contributed by atoms with Gasteiger partial charge >= 0.3 is 0 Å². The largest absolute Gasteiger partial charge is 0.309 e. The van der Waals surface area contributed by atoms with Crippen molar-refractivity contribution in [3.8, 4) is 55.9 Å². The molecule has 0 radical (unpaired) electrons. The summed E-state index contributed by atoms with van der Waals surface area (Å²) in [5.41, 5.74) is 15.4. The molecular weight excluding hydrogens is 809 g/mol. The molecule has 0 saturated carbocycles. The summed E-state index contributed by atoms with van der Waals surface area (Å²) in [5, 5.41) is 11.8. The molecule has 0 spiro atoms. The molecule has 66 heavy (non-hydrogen) atoms. The number of rotatable bonds is 6. The Kier molecular flexibility index (Phi) is 7.81. The van der Waals surface area contributed by atoms with E-state index in [2.05, 4.69) is 163 Å². The lowest BCUT2D eigenvalue weighted by Gasteiger charge is -2.16. The highest BCUT2D eigenvalue weighted by atomic mass is 15.0. The average Bonchev–Trinajstić information content (AvgIpc) is 3.91. The lowest BCUT2D eigenvalue weighted by atomic mass is 9.90. The predicted molar refractivity (Wildman–Crippen MR) is 267 cm³/mol. The van der Waals surface area contributed by atoms with Crippen molar-refractivity contribution in [1.29, 1.82) is 0 Å². The minimum Gasteiger partial charge on any atom is -0.309 e. The molecule has 8 aromatic heterocycles. The number of pyridine rings is 6. The molecule has 0 saturated heterocycles. The van der Waals surface area contributed by atoms with Crippen molar-refractivity contribution < 1.29 is 0 Å². The van der Waals surface area contributed by atoms with Gasteiger partial charge in [-0.3, -0.25) is 29.9 Å². The van der Waals surface area contributed by atoms with E-state index < -0.39 is 0 Å². The summed E-state index contributed by atoms with van der Waals surface area (Å²) in [7, 11) is 0. The highest BCUT2D eigenvalue weighted by molar-refractivity contribution is 6.37. The van der Waals surface area contributed by atoms with E-state index in [1.807, 2.05) is 74.4 Å². The molecule has 0 N–H and O–H groups in total. The van der Waals surface area contributed by atoms with Crippen LogP contribution in [0.2, 0.25) is 0 Å². The highest BCUT2D eigenvalue weighted by Crippen LogP contribution is 2.47. The van der Waals surface area contributed by atoms with E-state index in [9.17, 15) is 0 Å². The maximum Gasteiger partial charge on any atom is 0.0572 e. The van der Waals surface area contributed by atoms with Crippen molar-refractivity contribution in [2.45, 2.75) is 0 Å². The van der Waals surface area contributed by atoms with Gasteiger partial charge in [0, 0.05) is 107 Å². The molecule has 0 aliphatic heterocycles. The third-order valence-corrected chi connectivity index (χ3v) is 13.4. The van der Waals surface area contributed by atoms with Crippen LogP contribution in [0.25, 0.3) is 132 Å². The predicted octanol–water partition coefficient (Wildman–Crippen LogP) is 13.8. The first-order chi connectivity index (χ1) is 32.7. The zero-order valence-corrected chi connectivity index (χ0v) is 35.2. The minimum absolute atomic E-state index is 1.07. The smallest absolute Gasteiger partial charge is 0.0572 e. The molecule has 0 atom stereocenters. The molecule has 306 valence electrons. The van der Waals surface area contributed by atoms with E-state index in [0.29, 0.717) is 0 Å². The number of benzene rings is 6. The molecule has 0 fully saturated rings. The first-order valence-electron chi connectivity index (χ1n) is 21.9. The van der Waals surface area contributed by atoms with Gasteiger partial charge in [0.1, 0.15) is 0 Å². The third-order valence-electron chi connectivity index (χ3n) is 13.4. The van der Waals surface area contributed by atoms with Crippen molar-refractivity contribution in [2.75, 3.05) is 0 Å². The fraction of sp³-hybridized carbons (Fsp3) is 0. The lowest BCUT2D eigenvalue weighted by molar-refractivity contribution is 1.18. The molecule has 0 amide bonds. The fourth-order valence-electron chi connectivity index (χ4n) is 10.5. The highest BCUT2D eigenvalue weighted by Gasteiger charge is 2.23. The molecular formula is C58H34N8. The summed E-state index contributed by atoms with van der Waals surface area (Å²) >= 11 is 0. The van der Waals surface area contributed by atoms with Crippen LogP contribution < -0.4 is 0 Å². The van der Waals surface area contributed by atoms with Gasteiger partial charge in [0.25, 0.3) is 0 Å². The van der Waals surface area contributed by atoms with E-state index in [-0.39, 0.29) is 0 Å². The van der Waals surface area contributed by atoms with Gasteiger partial charge in [-0.15, -0.1) is 0 Å². The van der Waals surface area contributed by atoms with Gasteiger partial charge in [-0.05, 0) is 186 Å². The Morgan fingerprint density at radius 2 is 0.576 bits per heavy atom. The second kappa shape index (κ2) is 14.2. The van der Waals surface area contributed by atoms with E-state index >= 15 is 0 Å². The molecule has 0 aliphatic carbocycles. The maximum absolute atomic E-state index is 4.72. The Labute approximate surface area is 377 Å². The van der Waals surface area contributed by atoms with Crippen molar-refractivity contribution in [1.82, 2.24) is 39.0 Å². The molecule has 14 aromatic rings. The number of nitrogens with zero attached hydrogens (tertiary/aromatic N) is 8. The second-order valence-corrected chi connectivity index (χ2v) is 16.9. The van der Waals surface area contributed by atoms with E-state index in [1.165, 1.54) is 43.1 Å². The van der Waals surface area contributed by atoms with Gasteiger partial charge in [0.05, 0.1) is 22.1 Å². The monoisotopic (exact) mass is 842 g/mol. The Bertz CT molecular complexity index is 3810. The summed E-state index contributed by atoms with van der Waals surface area (Å²) in [4.78, 5) is 26.7. The Balaban J connectivity index is 1.04. The average molecular weight is 843 g/mol. The van der Waals surface area contributed by atoms with Gasteiger partial charge in [0.15, 0.2) is 0 Å². The molecule has 0 bridgehead atoms. The molecule has 8 heterocycles. The summed E-state index contributed by atoms with van der Waals surface area (Å²) in [6, 6.07) is 48.5. The van der Waals surface area contributed by atoms with Crippen LogP contribution in [0.15, 0.2) is 208 Å². The summed E-state index contributed by atoms with van der Waals surface area (Å²) in [6.45, 7) is 0. The van der Waals surface area contributed by atoms with Crippen molar-refractivity contribution in [2.24, 2.45) is 0 Å². The number of hydrogen-bond donors (Lipinski definition) is 0. The third kappa shape index (κ3) is 5.45. The van der Waals surface area contributed by atoms with Crippen molar-refractivity contribution >= 4 is 75.9 Å². The van der Waals surface area contributed by atoms with Crippen LogP contribution in [0.5, 0.6) is 0 Å². The standard InChI is InChI=1S/C58H34N8/c1-3-47-56-40(32-54-57(47)49-33-63-23-13-51(49)66(54)46-29-43(37-9-19-61-20-10-37)26-44(30-46)38-11-21-62-22-12-38)2-4-48-55(56)39(1)31-53-58(48)50-34-64-24-14-52(50)65(53)45-27-41(35-5-15-59-16-6-35)25-42(28-45)36-7-17-60-18-8-36/h1-34H. The van der Waals surface area contributed by atoms with Gasteiger partial charge in [-0.1, -0.05) is 24.3 Å². The van der Waals surface area contributed by atoms with Gasteiger partial charge in [0.2, 0.25) is 0 Å². The zero-order valence-electron chi connectivity index (χ0n) is 35.2. The van der Waals surface area contributed by atoms with E-state index in [1.54, 1.807) is 0 Å². The molecule has 8 nitrogen and oxygen atoms in total. The van der Waals surface area contributed by atoms with Gasteiger partial charge in [-0.2, -0.15) is 0 Å². The Morgan fingerprint density at radius 3 is 0.924 bits per heavy atom. The maximum atomic E-state index is 4.72. The summed E-state index contributed by atoms with van der Waals surface area (Å²) in [6.07, 6.45) is 22.7. The molecule has 14 rings (SSSR count). The van der Waals surface area contributed by atoms with Crippen LogP contribution >= 0.6 is 0 Å². The van der Waals surface area contributed by atoms with Crippen LogP contribution in [0.3, 0.4) is 0 Å².